The SMILES string of the molecule is CCSCCCN1CCCC1C(=O)OC. The van der Waals surface area contributed by atoms with Crippen molar-refractivity contribution >= 4 is 17.7 Å². The van der Waals surface area contributed by atoms with Crippen LogP contribution in [0.15, 0.2) is 0 Å². The molecule has 0 aromatic carbocycles. The molecule has 1 aliphatic heterocycles. The summed E-state index contributed by atoms with van der Waals surface area (Å²) in [4.78, 5) is 13.7. The smallest absolute Gasteiger partial charge is 0.323 e. The van der Waals surface area contributed by atoms with Crippen molar-refractivity contribution in [1.29, 1.82) is 0 Å². The van der Waals surface area contributed by atoms with Gasteiger partial charge in [0.1, 0.15) is 6.04 Å². The maximum Gasteiger partial charge on any atom is 0.323 e. The number of hydrogen-bond acceptors (Lipinski definition) is 4. The van der Waals surface area contributed by atoms with Crippen molar-refractivity contribution in [2.45, 2.75) is 32.2 Å². The molecule has 0 aromatic rings. The zero-order chi connectivity index (χ0) is 11.1. The van der Waals surface area contributed by atoms with Crippen LogP contribution in [0.1, 0.15) is 26.2 Å². The number of carbonyl (C=O) groups excluding carboxylic acids is 1. The summed E-state index contributed by atoms with van der Waals surface area (Å²) in [6.45, 7) is 4.26. The highest BCUT2D eigenvalue weighted by molar-refractivity contribution is 7.99. The lowest BCUT2D eigenvalue weighted by molar-refractivity contribution is -0.145. The Morgan fingerprint density at radius 2 is 2.40 bits per heavy atom. The summed E-state index contributed by atoms with van der Waals surface area (Å²) in [5, 5.41) is 0. The quantitative estimate of drug-likeness (QED) is 0.515. The molecule has 0 saturated carbocycles. The molecule has 1 fully saturated rings. The Hall–Kier alpha value is -0.220. The largest absolute Gasteiger partial charge is 0.468 e. The molecule has 1 unspecified atom stereocenters. The summed E-state index contributed by atoms with van der Waals surface area (Å²) < 4.78 is 4.81. The molecule has 1 aliphatic rings. The van der Waals surface area contributed by atoms with Crippen LogP contribution in [0, 0.1) is 0 Å². The Morgan fingerprint density at radius 3 is 3.07 bits per heavy atom. The van der Waals surface area contributed by atoms with E-state index < -0.39 is 0 Å². The molecule has 1 saturated heterocycles. The number of hydrogen-bond donors (Lipinski definition) is 0. The summed E-state index contributed by atoms with van der Waals surface area (Å²) in [6, 6.07) is 0.0293. The fourth-order valence-corrected chi connectivity index (χ4v) is 2.63. The zero-order valence-corrected chi connectivity index (χ0v) is 10.5. The van der Waals surface area contributed by atoms with Crippen molar-refractivity contribution in [3.8, 4) is 0 Å². The van der Waals surface area contributed by atoms with Gasteiger partial charge in [0, 0.05) is 0 Å². The van der Waals surface area contributed by atoms with Gasteiger partial charge in [-0.05, 0) is 43.9 Å². The third kappa shape index (κ3) is 4.03. The number of carbonyl (C=O) groups is 1. The summed E-state index contributed by atoms with van der Waals surface area (Å²) in [6.07, 6.45) is 3.26. The first kappa shape index (κ1) is 12.8. The summed E-state index contributed by atoms with van der Waals surface area (Å²) in [7, 11) is 1.48. The first-order chi connectivity index (χ1) is 7.29. The van der Waals surface area contributed by atoms with Crippen molar-refractivity contribution < 1.29 is 9.53 Å². The summed E-state index contributed by atoms with van der Waals surface area (Å²) in [5.74, 6) is 2.32. The summed E-state index contributed by atoms with van der Waals surface area (Å²) in [5.41, 5.74) is 0. The molecule has 3 nitrogen and oxygen atoms in total. The standard InChI is InChI=1S/C11H21NO2S/c1-3-15-9-5-8-12-7-4-6-10(12)11(13)14-2/h10H,3-9H2,1-2H3. The van der Waals surface area contributed by atoms with Crippen LogP contribution in [-0.4, -0.2) is 48.6 Å². The average molecular weight is 231 g/mol. The van der Waals surface area contributed by atoms with E-state index in [9.17, 15) is 4.79 Å². The van der Waals surface area contributed by atoms with Crippen molar-refractivity contribution in [1.82, 2.24) is 4.90 Å². The molecule has 0 amide bonds. The van der Waals surface area contributed by atoms with Crippen LogP contribution < -0.4 is 0 Å². The van der Waals surface area contributed by atoms with Gasteiger partial charge in [0.2, 0.25) is 0 Å². The highest BCUT2D eigenvalue weighted by Crippen LogP contribution is 2.18. The second-order valence-electron chi connectivity index (χ2n) is 3.77. The van der Waals surface area contributed by atoms with Crippen LogP contribution in [0.2, 0.25) is 0 Å². The van der Waals surface area contributed by atoms with Gasteiger partial charge in [0.15, 0.2) is 0 Å². The Morgan fingerprint density at radius 1 is 1.60 bits per heavy atom. The number of nitrogens with zero attached hydrogens (tertiary/aromatic N) is 1. The molecule has 15 heavy (non-hydrogen) atoms. The molecule has 0 N–H and O–H groups in total. The minimum Gasteiger partial charge on any atom is -0.468 e. The molecule has 4 heteroatoms. The second-order valence-corrected chi connectivity index (χ2v) is 5.16. The third-order valence-electron chi connectivity index (χ3n) is 2.78. The van der Waals surface area contributed by atoms with E-state index in [2.05, 4.69) is 11.8 Å². The second kappa shape index (κ2) is 7.12. The van der Waals surface area contributed by atoms with E-state index >= 15 is 0 Å². The first-order valence-electron chi connectivity index (χ1n) is 5.69. The fraction of sp³-hybridized carbons (Fsp3) is 0.909. The van der Waals surface area contributed by atoms with Gasteiger partial charge >= 0.3 is 5.97 Å². The predicted molar refractivity (Wildman–Crippen MR) is 64.2 cm³/mol. The normalized spacial score (nSPS) is 21.9. The topological polar surface area (TPSA) is 29.5 Å². The molecule has 1 atom stereocenters. The molecule has 0 aromatic heterocycles. The van der Waals surface area contributed by atoms with Crippen molar-refractivity contribution in [2.75, 3.05) is 31.7 Å². The monoisotopic (exact) mass is 231 g/mol. The van der Waals surface area contributed by atoms with E-state index in [0.717, 1.165) is 25.9 Å². The maximum absolute atomic E-state index is 11.4. The number of esters is 1. The van der Waals surface area contributed by atoms with E-state index in [0.29, 0.717) is 0 Å². The molecule has 0 bridgehead atoms. The lowest BCUT2D eigenvalue weighted by atomic mass is 10.2. The van der Waals surface area contributed by atoms with Crippen LogP contribution in [0.25, 0.3) is 0 Å². The molecular formula is C11H21NO2S. The van der Waals surface area contributed by atoms with E-state index in [1.54, 1.807) is 0 Å². The molecule has 0 aliphatic carbocycles. The highest BCUT2D eigenvalue weighted by Gasteiger charge is 2.30. The van der Waals surface area contributed by atoms with Gasteiger partial charge in [0.05, 0.1) is 7.11 Å². The summed E-state index contributed by atoms with van der Waals surface area (Å²) >= 11 is 1.96. The van der Waals surface area contributed by atoms with E-state index in [4.69, 9.17) is 4.74 Å². The lowest BCUT2D eigenvalue weighted by Gasteiger charge is -2.21. The highest BCUT2D eigenvalue weighted by atomic mass is 32.2. The average Bonchev–Trinajstić information content (AvgIpc) is 2.71. The van der Waals surface area contributed by atoms with Gasteiger partial charge in [0.25, 0.3) is 0 Å². The molecular weight excluding hydrogens is 210 g/mol. The van der Waals surface area contributed by atoms with Crippen LogP contribution >= 0.6 is 11.8 Å². The van der Waals surface area contributed by atoms with Crippen LogP contribution in [-0.2, 0) is 9.53 Å². The van der Waals surface area contributed by atoms with Gasteiger partial charge in [-0.25, -0.2) is 0 Å². The molecule has 1 rings (SSSR count). The Bertz CT molecular complexity index is 199. The van der Waals surface area contributed by atoms with Gasteiger partial charge in [-0.15, -0.1) is 0 Å². The minimum atomic E-state index is -0.0596. The fourth-order valence-electron chi connectivity index (χ4n) is 2.01. The van der Waals surface area contributed by atoms with Crippen molar-refractivity contribution in [3.05, 3.63) is 0 Å². The van der Waals surface area contributed by atoms with Gasteiger partial charge in [-0.2, -0.15) is 11.8 Å². The minimum absolute atomic E-state index is 0.0293. The maximum atomic E-state index is 11.4. The van der Waals surface area contributed by atoms with Crippen LogP contribution in [0.4, 0.5) is 0 Å². The van der Waals surface area contributed by atoms with Crippen LogP contribution in [0.5, 0.6) is 0 Å². The Balaban J connectivity index is 2.24. The number of ether oxygens (including phenoxy) is 1. The van der Waals surface area contributed by atoms with Gasteiger partial charge in [-0.3, -0.25) is 9.69 Å². The molecule has 0 spiro atoms. The third-order valence-corrected chi connectivity index (χ3v) is 3.76. The number of methoxy groups -OCH3 is 1. The molecule has 88 valence electrons. The Kier molecular flexibility index (Phi) is 6.10. The van der Waals surface area contributed by atoms with E-state index in [1.807, 2.05) is 11.8 Å². The lowest BCUT2D eigenvalue weighted by Crippen LogP contribution is -2.37. The van der Waals surface area contributed by atoms with Gasteiger partial charge in [-0.1, -0.05) is 6.92 Å². The van der Waals surface area contributed by atoms with Crippen LogP contribution in [0.3, 0.4) is 0 Å². The number of likely N-dealkylation sites (tertiary alicyclic amines) is 1. The van der Waals surface area contributed by atoms with E-state index in [1.165, 1.54) is 25.0 Å². The number of thioether (sulfide) groups is 1. The molecule has 0 radical (unpaired) electrons. The van der Waals surface area contributed by atoms with Gasteiger partial charge < -0.3 is 4.74 Å². The first-order valence-corrected chi connectivity index (χ1v) is 6.84. The predicted octanol–water partition coefficient (Wildman–Crippen LogP) is 1.77. The van der Waals surface area contributed by atoms with Crippen molar-refractivity contribution in [2.24, 2.45) is 0 Å². The molecule has 1 heterocycles. The number of rotatable bonds is 6. The van der Waals surface area contributed by atoms with Crippen molar-refractivity contribution in [3.63, 3.8) is 0 Å². The van der Waals surface area contributed by atoms with E-state index in [-0.39, 0.29) is 12.0 Å². The Labute approximate surface area is 96.5 Å². The zero-order valence-electron chi connectivity index (χ0n) is 9.70.